The summed E-state index contributed by atoms with van der Waals surface area (Å²) in [5.74, 6) is 0.0965. The molecule has 0 radical (unpaired) electrons. The summed E-state index contributed by atoms with van der Waals surface area (Å²) >= 11 is 3.51. The minimum Gasteiger partial charge on any atom is -0.493 e. The summed E-state index contributed by atoms with van der Waals surface area (Å²) < 4.78 is 28.9. The summed E-state index contributed by atoms with van der Waals surface area (Å²) in [5, 5.41) is 0.641. The van der Waals surface area contributed by atoms with Gasteiger partial charge in [0.25, 0.3) is 5.56 Å². The number of fused-ring (bicyclic) bond motifs is 1. The third-order valence-corrected chi connectivity index (χ3v) is 6.79. The van der Waals surface area contributed by atoms with Crippen molar-refractivity contribution in [1.82, 2.24) is 4.57 Å². The van der Waals surface area contributed by atoms with E-state index in [4.69, 9.17) is 29.4 Å². The van der Waals surface area contributed by atoms with Crippen LogP contribution in [0.4, 0.5) is 0 Å². The molecule has 0 unspecified atom stereocenters. The predicted molar refractivity (Wildman–Crippen MR) is 149 cm³/mol. The molecule has 10 nitrogen and oxygen atoms in total. The average molecular weight is 597 g/mol. The molecule has 202 valence electrons. The Hall–Kier alpha value is -4.51. The first-order valence-electron chi connectivity index (χ1n) is 11.5. The van der Waals surface area contributed by atoms with Gasteiger partial charge in [-0.15, -0.1) is 0 Å². The van der Waals surface area contributed by atoms with Crippen molar-refractivity contribution < 1.29 is 33.3 Å². The fraction of sp³-hybridized carbons (Fsp3) is 0.179. The van der Waals surface area contributed by atoms with Crippen molar-refractivity contribution in [2.75, 3.05) is 35.5 Å². The quantitative estimate of drug-likeness (QED) is 0.297. The zero-order valence-corrected chi connectivity index (χ0v) is 23.4. The van der Waals surface area contributed by atoms with Gasteiger partial charge in [-0.25, -0.2) is 4.79 Å². The Kier molecular flexibility index (Phi) is 7.82. The SMILES string of the molecule is COC(=O)c1c(-c2cc(Br)c(OC)c(OC)c2)c2cc(OC)c(OC)cc2c(=O)n1-c1ccc(C(N)=O)cc1. The largest absolute Gasteiger partial charge is 0.493 e. The highest BCUT2D eigenvalue weighted by Gasteiger charge is 2.28. The molecule has 0 fully saturated rings. The van der Waals surface area contributed by atoms with Crippen LogP contribution >= 0.6 is 15.9 Å². The van der Waals surface area contributed by atoms with Crippen LogP contribution in [0.3, 0.4) is 0 Å². The molecule has 1 aromatic heterocycles. The van der Waals surface area contributed by atoms with E-state index in [1.807, 2.05) is 0 Å². The van der Waals surface area contributed by atoms with E-state index >= 15 is 0 Å². The van der Waals surface area contributed by atoms with Crippen molar-refractivity contribution in [2.45, 2.75) is 0 Å². The first-order chi connectivity index (χ1) is 18.7. The number of carbonyl (C=O) groups is 2. The molecule has 11 heteroatoms. The molecule has 2 N–H and O–H groups in total. The molecule has 1 heterocycles. The van der Waals surface area contributed by atoms with E-state index in [9.17, 15) is 14.4 Å². The lowest BCUT2D eigenvalue weighted by molar-refractivity contribution is 0.0591. The van der Waals surface area contributed by atoms with Gasteiger partial charge in [-0.3, -0.25) is 14.2 Å². The molecule has 0 aliphatic heterocycles. The monoisotopic (exact) mass is 596 g/mol. The molecule has 4 rings (SSSR count). The zero-order chi connectivity index (χ0) is 28.4. The number of carbonyl (C=O) groups excluding carboxylic acids is 2. The van der Waals surface area contributed by atoms with Crippen molar-refractivity contribution in [3.05, 3.63) is 74.6 Å². The number of nitrogens with zero attached hydrogens (tertiary/aromatic N) is 1. The van der Waals surface area contributed by atoms with E-state index in [1.165, 1.54) is 64.4 Å². The van der Waals surface area contributed by atoms with Gasteiger partial charge >= 0.3 is 5.97 Å². The second-order valence-corrected chi connectivity index (χ2v) is 9.07. The van der Waals surface area contributed by atoms with E-state index in [-0.39, 0.29) is 16.6 Å². The number of esters is 1. The summed E-state index contributed by atoms with van der Waals surface area (Å²) in [7, 11) is 7.15. The Morgan fingerprint density at radius 2 is 1.38 bits per heavy atom. The highest BCUT2D eigenvalue weighted by molar-refractivity contribution is 9.10. The number of hydrogen-bond acceptors (Lipinski definition) is 8. The van der Waals surface area contributed by atoms with Crippen molar-refractivity contribution >= 4 is 38.6 Å². The molecular formula is C28H25BrN2O8. The molecular weight excluding hydrogens is 572 g/mol. The molecule has 0 bridgehead atoms. The molecule has 0 atom stereocenters. The number of benzene rings is 3. The number of halogens is 1. The van der Waals surface area contributed by atoms with E-state index in [0.29, 0.717) is 49.7 Å². The van der Waals surface area contributed by atoms with E-state index in [0.717, 1.165) is 0 Å². The van der Waals surface area contributed by atoms with Gasteiger partial charge in [-0.1, -0.05) is 0 Å². The van der Waals surface area contributed by atoms with Gasteiger partial charge in [0.05, 0.1) is 45.4 Å². The highest BCUT2D eigenvalue weighted by Crippen LogP contribution is 2.44. The maximum absolute atomic E-state index is 14.0. The Balaban J connectivity index is 2.27. The molecule has 3 aromatic carbocycles. The molecule has 4 aromatic rings. The van der Waals surface area contributed by atoms with E-state index < -0.39 is 17.4 Å². The first kappa shape index (κ1) is 27.5. The van der Waals surface area contributed by atoms with Crippen LogP contribution in [0.2, 0.25) is 0 Å². The summed E-state index contributed by atoms with van der Waals surface area (Å²) in [6.07, 6.45) is 0. The summed E-state index contributed by atoms with van der Waals surface area (Å²) in [5.41, 5.74) is 6.23. The summed E-state index contributed by atoms with van der Waals surface area (Å²) in [6.45, 7) is 0. The van der Waals surface area contributed by atoms with Crippen LogP contribution in [-0.4, -0.2) is 52.0 Å². The molecule has 1 amide bonds. The third-order valence-electron chi connectivity index (χ3n) is 6.20. The minimum absolute atomic E-state index is 0.0619. The van der Waals surface area contributed by atoms with Gasteiger partial charge < -0.3 is 29.4 Å². The maximum Gasteiger partial charge on any atom is 0.355 e. The van der Waals surface area contributed by atoms with E-state index in [2.05, 4.69) is 15.9 Å². The molecule has 0 aliphatic rings. The third kappa shape index (κ3) is 4.76. The molecule has 0 spiro atoms. The Labute approximate surface area is 231 Å². The highest BCUT2D eigenvalue weighted by atomic mass is 79.9. The van der Waals surface area contributed by atoms with Crippen LogP contribution in [0.15, 0.2) is 57.8 Å². The number of pyridine rings is 1. The Morgan fingerprint density at radius 1 is 0.795 bits per heavy atom. The van der Waals surface area contributed by atoms with Crippen LogP contribution in [0.5, 0.6) is 23.0 Å². The number of aromatic nitrogens is 1. The number of amides is 1. The lowest BCUT2D eigenvalue weighted by atomic mass is 9.95. The predicted octanol–water partition coefficient (Wildman–Crippen LogP) is 4.34. The molecule has 39 heavy (non-hydrogen) atoms. The van der Waals surface area contributed by atoms with Crippen molar-refractivity contribution in [1.29, 1.82) is 0 Å². The lowest BCUT2D eigenvalue weighted by Gasteiger charge is -2.21. The van der Waals surface area contributed by atoms with Crippen molar-refractivity contribution in [3.63, 3.8) is 0 Å². The Bertz CT molecular complexity index is 1660. The van der Waals surface area contributed by atoms with E-state index in [1.54, 1.807) is 24.3 Å². The standard InChI is InChI=1S/C28H25BrN2O8/c1-35-20-12-17-18(13-21(20)36-2)27(33)31(16-8-6-14(7-9-16)26(30)32)24(28(34)39-5)23(17)15-10-19(29)25(38-4)22(11-15)37-3/h6-13H,1-5H3,(H2,30,32). The van der Waals surface area contributed by atoms with Crippen molar-refractivity contribution in [2.24, 2.45) is 5.73 Å². The van der Waals surface area contributed by atoms with Gasteiger partial charge in [-0.05, 0) is 70.0 Å². The lowest BCUT2D eigenvalue weighted by Crippen LogP contribution is -2.27. The number of primary amides is 1. The molecule has 0 aliphatic carbocycles. The minimum atomic E-state index is -0.774. The van der Waals surface area contributed by atoms with Crippen LogP contribution in [0, 0.1) is 0 Å². The maximum atomic E-state index is 14.0. The topological polar surface area (TPSA) is 128 Å². The van der Waals surface area contributed by atoms with Crippen LogP contribution in [-0.2, 0) is 4.74 Å². The molecule has 0 saturated carbocycles. The second-order valence-electron chi connectivity index (χ2n) is 8.21. The fourth-order valence-corrected chi connectivity index (χ4v) is 4.99. The van der Waals surface area contributed by atoms with Gasteiger partial charge in [0, 0.05) is 22.2 Å². The van der Waals surface area contributed by atoms with Crippen LogP contribution < -0.4 is 30.2 Å². The normalized spacial score (nSPS) is 10.7. The number of ether oxygens (including phenoxy) is 5. The molecule has 0 saturated heterocycles. The van der Waals surface area contributed by atoms with Crippen LogP contribution in [0.25, 0.3) is 27.6 Å². The summed E-state index contributed by atoms with van der Waals surface area (Å²) in [6, 6.07) is 12.6. The number of methoxy groups -OCH3 is 5. The van der Waals surface area contributed by atoms with Gasteiger partial charge in [0.15, 0.2) is 23.0 Å². The average Bonchev–Trinajstić information content (AvgIpc) is 2.95. The van der Waals surface area contributed by atoms with Crippen molar-refractivity contribution in [3.8, 4) is 39.8 Å². The first-order valence-corrected chi connectivity index (χ1v) is 12.2. The van der Waals surface area contributed by atoms with Gasteiger partial charge in [0.2, 0.25) is 5.91 Å². The summed E-state index contributed by atoms with van der Waals surface area (Å²) in [4.78, 5) is 39.1. The zero-order valence-electron chi connectivity index (χ0n) is 21.8. The second kappa shape index (κ2) is 11.1. The van der Waals surface area contributed by atoms with Gasteiger partial charge in [-0.2, -0.15) is 0 Å². The number of nitrogens with two attached hydrogens (primary N) is 1. The smallest absolute Gasteiger partial charge is 0.355 e. The van der Waals surface area contributed by atoms with Gasteiger partial charge in [0.1, 0.15) is 5.69 Å². The number of hydrogen-bond donors (Lipinski definition) is 1. The van der Waals surface area contributed by atoms with Crippen LogP contribution in [0.1, 0.15) is 20.8 Å². The Morgan fingerprint density at radius 3 is 1.90 bits per heavy atom. The fourth-order valence-electron chi connectivity index (χ4n) is 4.39. The number of rotatable bonds is 8.